The van der Waals surface area contributed by atoms with Crippen molar-refractivity contribution in [1.29, 1.82) is 0 Å². The highest BCUT2D eigenvalue weighted by molar-refractivity contribution is 6.30. The van der Waals surface area contributed by atoms with Gasteiger partial charge in [0.15, 0.2) is 17.3 Å². The largest absolute Gasteiger partial charge is 0.504 e. The highest BCUT2D eigenvalue weighted by Crippen LogP contribution is 2.38. The number of aromatic hydroxyl groups is 1. The molecular formula is C22H22ClN3O3. The lowest BCUT2D eigenvalue weighted by molar-refractivity contribution is 0.242. The molecule has 1 aliphatic rings. The number of phenolic OH excluding ortho intramolecular Hbond substituents is 1. The minimum atomic E-state index is 0.0789. The number of fused-ring (bicyclic) bond motifs is 1. The van der Waals surface area contributed by atoms with Crippen LogP contribution < -0.4 is 9.47 Å². The van der Waals surface area contributed by atoms with Crippen molar-refractivity contribution >= 4 is 11.6 Å². The first-order chi connectivity index (χ1) is 14.1. The van der Waals surface area contributed by atoms with Gasteiger partial charge in [-0.3, -0.25) is 4.90 Å². The van der Waals surface area contributed by atoms with Gasteiger partial charge in [-0.05, 0) is 42.0 Å². The van der Waals surface area contributed by atoms with Gasteiger partial charge < -0.3 is 14.6 Å². The Labute approximate surface area is 174 Å². The molecule has 4 rings (SSSR count). The number of benzene rings is 2. The topological polar surface area (TPSA) is 67.7 Å². The van der Waals surface area contributed by atoms with Gasteiger partial charge in [-0.15, -0.1) is 0 Å². The summed E-state index contributed by atoms with van der Waals surface area (Å²) >= 11 is 5.97. The van der Waals surface area contributed by atoms with Gasteiger partial charge in [0.2, 0.25) is 5.75 Å². The minimum absolute atomic E-state index is 0.0789. The molecule has 6 nitrogen and oxygen atoms in total. The maximum Gasteiger partial charge on any atom is 0.203 e. The number of phenols is 1. The van der Waals surface area contributed by atoms with Crippen LogP contribution in [0.3, 0.4) is 0 Å². The van der Waals surface area contributed by atoms with E-state index in [2.05, 4.69) is 9.88 Å². The third-order valence-corrected chi connectivity index (χ3v) is 5.29. The predicted molar refractivity (Wildman–Crippen MR) is 112 cm³/mol. The van der Waals surface area contributed by atoms with E-state index in [1.165, 1.54) is 7.11 Å². The lowest BCUT2D eigenvalue weighted by Gasteiger charge is -2.28. The van der Waals surface area contributed by atoms with E-state index in [4.69, 9.17) is 26.1 Å². The summed E-state index contributed by atoms with van der Waals surface area (Å²) in [5, 5.41) is 10.9. The number of hydrogen-bond donors (Lipinski definition) is 1. The molecule has 0 spiro atoms. The molecule has 0 unspecified atom stereocenters. The van der Waals surface area contributed by atoms with Crippen molar-refractivity contribution in [2.24, 2.45) is 0 Å². The zero-order valence-electron chi connectivity index (χ0n) is 16.4. The highest BCUT2D eigenvalue weighted by atomic mass is 35.5. The summed E-state index contributed by atoms with van der Waals surface area (Å²) in [6, 6.07) is 11.2. The molecule has 0 radical (unpaired) electrons. The Balaban J connectivity index is 1.51. The molecule has 3 aromatic rings. The van der Waals surface area contributed by atoms with Crippen LogP contribution in [-0.2, 0) is 19.5 Å². The van der Waals surface area contributed by atoms with Gasteiger partial charge in [-0.25, -0.2) is 9.97 Å². The fourth-order valence-corrected chi connectivity index (χ4v) is 3.72. The molecule has 29 heavy (non-hydrogen) atoms. The average molecular weight is 412 g/mol. The molecule has 0 amide bonds. The van der Waals surface area contributed by atoms with Crippen molar-refractivity contribution < 1.29 is 14.6 Å². The third kappa shape index (κ3) is 4.13. The quantitative estimate of drug-likeness (QED) is 0.682. The van der Waals surface area contributed by atoms with E-state index >= 15 is 0 Å². The molecular weight excluding hydrogens is 390 g/mol. The molecule has 7 heteroatoms. The molecule has 0 bridgehead atoms. The number of methoxy groups -OCH3 is 2. The molecule has 1 aromatic heterocycles. The molecule has 0 saturated heterocycles. The molecule has 2 aromatic carbocycles. The van der Waals surface area contributed by atoms with Crippen LogP contribution in [-0.4, -0.2) is 40.7 Å². The Morgan fingerprint density at radius 1 is 1.14 bits per heavy atom. The Bertz CT molecular complexity index is 1020. The van der Waals surface area contributed by atoms with Crippen molar-refractivity contribution in [3.05, 3.63) is 64.4 Å². The standard InChI is InChI=1S/C22H22ClN3O3/c1-28-20-10-14(9-19(27)21(20)29-2)12-26-8-7-18-16(13-26)11-24-22(25-18)15-3-5-17(23)6-4-15/h3-6,9-11,27H,7-8,12-13H2,1-2H3. The number of halogens is 1. The average Bonchev–Trinajstić information content (AvgIpc) is 2.73. The Hall–Kier alpha value is -2.83. The number of nitrogens with zero attached hydrogens (tertiary/aromatic N) is 3. The van der Waals surface area contributed by atoms with Crippen molar-refractivity contribution in [2.45, 2.75) is 19.5 Å². The van der Waals surface area contributed by atoms with E-state index in [0.29, 0.717) is 23.1 Å². The van der Waals surface area contributed by atoms with E-state index in [0.717, 1.165) is 47.7 Å². The first-order valence-electron chi connectivity index (χ1n) is 9.34. The molecule has 150 valence electrons. The lowest BCUT2D eigenvalue weighted by Crippen LogP contribution is -2.31. The van der Waals surface area contributed by atoms with Crippen LogP contribution in [0, 0.1) is 0 Å². The summed E-state index contributed by atoms with van der Waals surface area (Å²) < 4.78 is 10.5. The van der Waals surface area contributed by atoms with Crippen LogP contribution in [0.15, 0.2) is 42.6 Å². The number of ether oxygens (including phenoxy) is 2. The van der Waals surface area contributed by atoms with Gasteiger partial charge in [0.05, 0.1) is 19.9 Å². The SMILES string of the molecule is COc1cc(CN2CCc3nc(-c4ccc(Cl)cc4)ncc3C2)cc(O)c1OC. The molecule has 1 N–H and O–H groups in total. The molecule has 1 aliphatic heterocycles. The molecule has 0 saturated carbocycles. The van der Waals surface area contributed by atoms with Crippen LogP contribution >= 0.6 is 11.6 Å². The fraction of sp³-hybridized carbons (Fsp3) is 0.273. The van der Waals surface area contributed by atoms with E-state index in [9.17, 15) is 5.11 Å². The summed E-state index contributed by atoms with van der Waals surface area (Å²) in [5.74, 6) is 1.67. The zero-order chi connectivity index (χ0) is 20.4. The van der Waals surface area contributed by atoms with Gasteiger partial charge in [0.25, 0.3) is 0 Å². The van der Waals surface area contributed by atoms with Gasteiger partial charge in [0.1, 0.15) is 0 Å². The van der Waals surface area contributed by atoms with Crippen molar-refractivity contribution in [2.75, 3.05) is 20.8 Å². The van der Waals surface area contributed by atoms with E-state index in [1.54, 1.807) is 13.2 Å². The first-order valence-corrected chi connectivity index (χ1v) is 9.72. The summed E-state index contributed by atoms with van der Waals surface area (Å²) in [7, 11) is 3.07. The first kappa shape index (κ1) is 19.5. The second-order valence-electron chi connectivity index (χ2n) is 6.98. The predicted octanol–water partition coefficient (Wildman–Crippen LogP) is 4.08. The second-order valence-corrected chi connectivity index (χ2v) is 7.42. The van der Waals surface area contributed by atoms with Gasteiger partial charge in [-0.1, -0.05) is 11.6 Å². The maximum atomic E-state index is 10.2. The zero-order valence-corrected chi connectivity index (χ0v) is 17.1. The summed E-state index contributed by atoms with van der Waals surface area (Å²) in [6.45, 7) is 2.32. The number of hydrogen-bond acceptors (Lipinski definition) is 6. The van der Waals surface area contributed by atoms with Crippen LogP contribution in [0.25, 0.3) is 11.4 Å². The van der Waals surface area contributed by atoms with Crippen LogP contribution in [0.1, 0.15) is 16.8 Å². The van der Waals surface area contributed by atoms with Crippen LogP contribution in [0.2, 0.25) is 5.02 Å². The van der Waals surface area contributed by atoms with E-state index < -0.39 is 0 Å². The molecule has 2 heterocycles. The fourth-order valence-electron chi connectivity index (χ4n) is 3.60. The number of rotatable bonds is 5. The minimum Gasteiger partial charge on any atom is -0.504 e. The summed E-state index contributed by atoms with van der Waals surface area (Å²) in [4.78, 5) is 11.6. The normalized spacial score (nSPS) is 13.8. The lowest BCUT2D eigenvalue weighted by atomic mass is 10.1. The van der Waals surface area contributed by atoms with Crippen molar-refractivity contribution in [3.63, 3.8) is 0 Å². The summed E-state index contributed by atoms with van der Waals surface area (Å²) in [6.07, 6.45) is 2.75. The highest BCUT2D eigenvalue weighted by Gasteiger charge is 2.20. The molecule has 0 aliphatic carbocycles. The van der Waals surface area contributed by atoms with Crippen LogP contribution in [0.4, 0.5) is 0 Å². The van der Waals surface area contributed by atoms with Gasteiger partial charge >= 0.3 is 0 Å². The smallest absolute Gasteiger partial charge is 0.203 e. The van der Waals surface area contributed by atoms with Gasteiger partial charge in [0, 0.05) is 48.4 Å². The van der Waals surface area contributed by atoms with E-state index in [1.807, 2.05) is 36.5 Å². The van der Waals surface area contributed by atoms with Crippen molar-refractivity contribution in [1.82, 2.24) is 14.9 Å². The Morgan fingerprint density at radius 3 is 2.66 bits per heavy atom. The Morgan fingerprint density at radius 2 is 1.93 bits per heavy atom. The second kappa shape index (κ2) is 8.27. The Kier molecular flexibility index (Phi) is 5.56. The van der Waals surface area contributed by atoms with Crippen LogP contribution in [0.5, 0.6) is 17.2 Å². The van der Waals surface area contributed by atoms with E-state index in [-0.39, 0.29) is 5.75 Å². The third-order valence-electron chi connectivity index (χ3n) is 5.04. The molecule has 0 atom stereocenters. The maximum absolute atomic E-state index is 10.2. The number of aromatic nitrogens is 2. The monoisotopic (exact) mass is 411 g/mol. The van der Waals surface area contributed by atoms with Gasteiger partial charge in [-0.2, -0.15) is 0 Å². The summed E-state index contributed by atoms with van der Waals surface area (Å²) in [5.41, 5.74) is 4.12. The molecule has 0 fully saturated rings. The van der Waals surface area contributed by atoms with Crippen molar-refractivity contribution in [3.8, 4) is 28.6 Å².